The van der Waals surface area contributed by atoms with Crippen LogP contribution in [0.3, 0.4) is 0 Å². The fourth-order valence-corrected chi connectivity index (χ4v) is 1.09. The van der Waals surface area contributed by atoms with Crippen molar-refractivity contribution in [3.63, 3.8) is 0 Å². The summed E-state index contributed by atoms with van der Waals surface area (Å²) in [5.41, 5.74) is 1.95. The van der Waals surface area contributed by atoms with Gasteiger partial charge >= 0.3 is 0 Å². The first-order valence-electron chi connectivity index (χ1n) is 3.45. The van der Waals surface area contributed by atoms with Gasteiger partial charge in [-0.1, -0.05) is 12.2 Å². The summed E-state index contributed by atoms with van der Waals surface area (Å²) < 4.78 is 0. The third-order valence-electron chi connectivity index (χ3n) is 1.78. The molecule has 0 fully saturated rings. The average Bonchev–Trinajstić information content (AvgIpc) is 2.04. The second-order valence-corrected chi connectivity index (χ2v) is 2.40. The van der Waals surface area contributed by atoms with Crippen LogP contribution in [0.2, 0.25) is 0 Å². The van der Waals surface area contributed by atoms with Crippen molar-refractivity contribution in [3.05, 3.63) is 23.3 Å². The molecule has 0 atom stereocenters. The van der Waals surface area contributed by atoms with Crippen molar-refractivity contribution in [2.24, 2.45) is 0 Å². The van der Waals surface area contributed by atoms with Crippen molar-refractivity contribution in [1.82, 2.24) is 0 Å². The zero-order valence-electron chi connectivity index (χ0n) is 5.88. The van der Waals surface area contributed by atoms with Gasteiger partial charge in [-0.05, 0) is 24.0 Å². The molecule has 0 radical (unpaired) electrons. The van der Waals surface area contributed by atoms with Gasteiger partial charge in [-0.15, -0.1) is 0 Å². The third-order valence-corrected chi connectivity index (χ3v) is 1.78. The van der Waals surface area contributed by atoms with E-state index < -0.39 is 0 Å². The Bertz CT molecular complexity index is 150. The van der Waals surface area contributed by atoms with Crippen molar-refractivity contribution in [3.8, 4) is 0 Å². The first-order chi connectivity index (χ1) is 4.88. The van der Waals surface area contributed by atoms with Crippen LogP contribution < -0.4 is 0 Å². The first kappa shape index (κ1) is 7.51. The highest BCUT2D eigenvalue weighted by molar-refractivity contribution is 5.24. The van der Waals surface area contributed by atoms with E-state index in [0.717, 1.165) is 24.0 Å². The average molecular weight is 140 g/mol. The Morgan fingerprint density at radius 3 is 1.70 bits per heavy atom. The monoisotopic (exact) mass is 140 g/mol. The van der Waals surface area contributed by atoms with Crippen molar-refractivity contribution >= 4 is 0 Å². The van der Waals surface area contributed by atoms with E-state index in [1.807, 2.05) is 12.2 Å². The Kier molecular flexibility index (Phi) is 2.66. The van der Waals surface area contributed by atoms with E-state index in [-0.39, 0.29) is 13.2 Å². The van der Waals surface area contributed by atoms with Gasteiger partial charge in [-0.25, -0.2) is 0 Å². The summed E-state index contributed by atoms with van der Waals surface area (Å²) in [6.45, 7) is 0.167. The molecule has 0 aromatic carbocycles. The molecule has 2 nitrogen and oxygen atoms in total. The Morgan fingerprint density at radius 1 is 1.00 bits per heavy atom. The lowest BCUT2D eigenvalue weighted by Crippen LogP contribution is -2.02. The van der Waals surface area contributed by atoms with Crippen LogP contribution in [-0.2, 0) is 0 Å². The highest BCUT2D eigenvalue weighted by Gasteiger charge is 2.05. The second kappa shape index (κ2) is 3.54. The van der Waals surface area contributed by atoms with Gasteiger partial charge in [0.2, 0.25) is 0 Å². The molecule has 0 amide bonds. The van der Waals surface area contributed by atoms with Crippen LogP contribution in [0, 0.1) is 0 Å². The first-order valence-corrected chi connectivity index (χ1v) is 3.45. The van der Waals surface area contributed by atoms with E-state index in [1.165, 1.54) is 0 Å². The van der Waals surface area contributed by atoms with E-state index in [0.29, 0.717) is 0 Å². The zero-order valence-corrected chi connectivity index (χ0v) is 5.88. The highest BCUT2D eigenvalue weighted by Crippen LogP contribution is 2.17. The van der Waals surface area contributed by atoms with Gasteiger partial charge in [0.25, 0.3) is 0 Å². The van der Waals surface area contributed by atoms with E-state index in [1.54, 1.807) is 0 Å². The quantitative estimate of drug-likeness (QED) is 0.552. The van der Waals surface area contributed by atoms with Crippen LogP contribution in [0.25, 0.3) is 0 Å². The SMILES string of the molecule is OCC1=C(CO)CC=CC1. The van der Waals surface area contributed by atoms with Crippen LogP contribution in [0.4, 0.5) is 0 Å². The molecular formula is C8H12O2. The summed E-state index contributed by atoms with van der Waals surface area (Å²) in [7, 11) is 0. The van der Waals surface area contributed by atoms with Gasteiger partial charge in [0.1, 0.15) is 0 Å². The second-order valence-electron chi connectivity index (χ2n) is 2.40. The minimum Gasteiger partial charge on any atom is -0.392 e. The Morgan fingerprint density at radius 2 is 1.40 bits per heavy atom. The van der Waals surface area contributed by atoms with Gasteiger partial charge < -0.3 is 10.2 Å². The smallest absolute Gasteiger partial charge is 0.0648 e. The molecule has 1 aliphatic rings. The van der Waals surface area contributed by atoms with Crippen molar-refractivity contribution in [2.45, 2.75) is 12.8 Å². The van der Waals surface area contributed by atoms with Gasteiger partial charge in [-0.2, -0.15) is 0 Å². The molecule has 0 aliphatic heterocycles. The highest BCUT2D eigenvalue weighted by atomic mass is 16.3. The van der Waals surface area contributed by atoms with Crippen LogP contribution in [-0.4, -0.2) is 23.4 Å². The molecule has 0 aromatic rings. The molecule has 0 bridgehead atoms. The molecule has 56 valence electrons. The van der Waals surface area contributed by atoms with Crippen molar-refractivity contribution in [1.29, 1.82) is 0 Å². The summed E-state index contributed by atoms with van der Waals surface area (Å²) in [4.78, 5) is 0. The standard InChI is InChI=1S/C8H12O2/c9-5-7-3-1-2-4-8(7)6-10/h1-2,9-10H,3-6H2. The molecular weight excluding hydrogens is 128 g/mol. The van der Waals surface area contributed by atoms with Gasteiger partial charge in [0, 0.05) is 0 Å². The fraction of sp³-hybridized carbons (Fsp3) is 0.500. The lowest BCUT2D eigenvalue weighted by atomic mass is 9.98. The lowest BCUT2D eigenvalue weighted by molar-refractivity contribution is 0.306. The van der Waals surface area contributed by atoms with Crippen LogP contribution >= 0.6 is 0 Å². The maximum absolute atomic E-state index is 8.79. The summed E-state index contributed by atoms with van der Waals surface area (Å²) in [6, 6.07) is 0. The molecule has 0 saturated carbocycles. The topological polar surface area (TPSA) is 40.5 Å². The fourth-order valence-electron chi connectivity index (χ4n) is 1.09. The maximum Gasteiger partial charge on any atom is 0.0648 e. The van der Waals surface area contributed by atoms with E-state index >= 15 is 0 Å². The molecule has 0 spiro atoms. The minimum absolute atomic E-state index is 0.0836. The van der Waals surface area contributed by atoms with Crippen molar-refractivity contribution < 1.29 is 10.2 Å². The van der Waals surface area contributed by atoms with Crippen LogP contribution in [0.5, 0.6) is 0 Å². The van der Waals surface area contributed by atoms with Gasteiger partial charge in [0.05, 0.1) is 13.2 Å². The normalized spacial score (nSPS) is 18.2. The largest absolute Gasteiger partial charge is 0.392 e. The number of rotatable bonds is 2. The predicted molar refractivity (Wildman–Crippen MR) is 39.6 cm³/mol. The Balaban J connectivity index is 2.66. The molecule has 0 heterocycles. The van der Waals surface area contributed by atoms with Gasteiger partial charge in [0.15, 0.2) is 0 Å². The molecule has 0 aromatic heterocycles. The molecule has 1 aliphatic carbocycles. The number of hydrogen-bond donors (Lipinski definition) is 2. The summed E-state index contributed by atoms with van der Waals surface area (Å²) >= 11 is 0. The molecule has 0 unspecified atom stereocenters. The number of allylic oxidation sites excluding steroid dienone is 2. The molecule has 1 rings (SSSR count). The van der Waals surface area contributed by atoms with E-state index in [2.05, 4.69) is 0 Å². The molecule has 2 heteroatoms. The number of hydrogen-bond acceptors (Lipinski definition) is 2. The molecule has 10 heavy (non-hydrogen) atoms. The number of aliphatic hydroxyl groups excluding tert-OH is 2. The Hall–Kier alpha value is -0.600. The molecule has 2 N–H and O–H groups in total. The van der Waals surface area contributed by atoms with E-state index in [9.17, 15) is 0 Å². The Labute approximate surface area is 60.5 Å². The van der Waals surface area contributed by atoms with Crippen LogP contribution in [0.15, 0.2) is 23.3 Å². The lowest BCUT2D eigenvalue weighted by Gasteiger charge is -2.11. The summed E-state index contributed by atoms with van der Waals surface area (Å²) in [6.07, 6.45) is 5.63. The predicted octanol–water partition coefficient (Wildman–Crippen LogP) is 0.618. The van der Waals surface area contributed by atoms with Crippen molar-refractivity contribution in [2.75, 3.05) is 13.2 Å². The van der Waals surface area contributed by atoms with Crippen LogP contribution in [0.1, 0.15) is 12.8 Å². The maximum atomic E-state index is 8.79. The summed E-state index contributed by atoms with van der Waals surface area (Å²) in [5.74, 6) is 0. The zero-order chi connectivity index (χ0) is 7.40. The summed E-state index contributed by atoms with van der Waals surface area (Å²) in [5, 5.41) is 17.6. The third kappa shape index (κ3) is 1.46. The minimum atomic E-state index is 0.0836. The molecule has 0 saturated heterocycles. The van der Waals surface area contributed by atoms with E-state index in [4.69, 9.17) is 10.2 Å². The van der Waals surface area contributed by atoms with Gasteiger partial charge in [-0.3, -0.25) is 0 Å². The number of aliphatic hydroxyl groups is 2.